The topological polar surface area (TPSA) is 110 Å². The summed E-state index contributed by atoms with van der Waals surface area (Å²) in [6, 6.07) is 0. The first-order valence-electron chi connectivity index (χ1n) is 9.97. The summed E-state index contributed by atoms with van der Waals surface area (Å²) in [6.07, 6.45) is 3.74. The highest BCUT2D eigenvalue weighted by molar-refractivity contribution is 9.10. The molecule has 4 heterocycles. The molecule has 1 aliphatic heterocycles. The highest BCUT2D eigenvalue weighted by atomic mass is 79.9. The predicted octanol–water partition coefficient (Wildman–Crippen LogP) is 1.51. The highest BCUT2D eigenvalue weighted by Gasteiger charge is 2.21. The Kier molecular flexibility index (Phi) is 5.95. The molecule has 0 aromatic carbocycles. The molecule has 1 fully saturated rings. The van der Waals surface area contributed by atoms with Crippen LogP contribution in [0, 0.1) is 0 Å². The van der Waals surface area contributed by atoms with E-state index in [4.69, 9.17) is 4.74 Å². The summed E-state index contributed by atoms with van der Waals surface area (Å²) in [7, 11) is 0. The number of amides is 1. The lowest BCUT2D eigenvalue weighted by molar-refractivity contribution is -0.135. The van der Waals surface area contributed by atoms with Gasteiger partial charge in [-0.25, -0.2) is 9.38 Å². The summed E-state index contributed by atoms with van der Waals surface area (Å²) in [5, 5.41) is 8.50. The summed E-state index contributed by atoms with van der Waals surface area (Å²) >= 11 is 3.32. The van der Waals surface area contributed by atoms with Gasteiger partial charge in [0.05, 0.1) is 13.2 Å². The van der Waals surface area contributed by atoms with E-state index in [-0.39, 0.29) is 17.9 Å². The quantitative estimate of drug-likeness (QED) is 0.418. The number of hydrogen-bond acceptors (Lipinski definition) is 6. The Hall–Kier alpha value is -2.27. The van der Waals surface area contributed by atoms with Crippen LogP contribution in [0.5, 0.6) is 0 Å². The maximum absolute atomic E-state index is 13.1. The third-order valence-electron chi connectivity index (χ3n) is 5.19. The molecular formula is C18H24BrN7O3. The molecule has 10 nitrogen and oxygen atoms in total. The summed E-state index contributed by atoms with van der Waals surface area (Å²) in [6.45, 7) is 5.17. The first-order chi connectivity index (χ1) is 14.1. The highest BCUT2D eigenvalue weighted by Crippen LogP contribution is 2.17. The molecule has 3 aromatic heterocycles. The van der Waals surface area contributed by atoms with Crippen LogP contribution in [0.2, 0.25) is 0 Å². The molecule has 0 bridgehead atoms. The second kappa shape index (κ2) is 8.62. The summed E-state index contributed by atoms with van der Waals surface area (Å²) < 4.78 is 9.22. The molecule has 156 valence electrons. The van der Waals surface area contributed by atoms with E-state index < -0.39 is 0 Å². The molecule has 0 aliphatic carbocycles. The van der Waals surface area contributed by atoms with Crippen LogP contribution in [0.3, 0.4) is 0 Å². The van der Waals surface area contributed by atoms with Crippen LogP contribution < -0.4 is 5.56 Å². The van der Waals surface area contributed by atoms with E-state index in [1.54, 1.807) is 4.90 Å². The van der Waals surface area contributed by atoms with Gasteiger partial charge in [0.1, 0.15) is 5.82 Å². The van der Waals surface area contributed by atoms with Gasteiger partial charge in [0.2, 0.25) is 11.7 Å². The molecule has 0 unspecified atom stereocenters. The number of halogens is 1. The van der Waals surface area contributed by atoms with Crippen molar-refractivity contribution in [2.45, 2.75) is 45.6 Å². The molecule has 11 heteroatoms. The van der Waals surface area contributed by atoms with Crippen molar-refractivity contribution in [2.24, 2.45) is 0 Å². The fraction of sp³-hybridized carbons (Fsp3) is 0.611. The van der Waals surface area contributed by atoms with Crippen molar-refractivity contribution in [3.05, 3.63) is 20.9 Å². The lowest BCUT2D eigenvalue weighted by atomic mass is 10.2. The summed E-state index contributed by atoms with van der Waals surface area (Å²) in [4.78, 5) is 34.8. The van der Waals surface area contributed by atoms with Gasteiger partial charge >= 0.3 is 0 Å². The van der Waals surface area contributed by atoms with Crippen molar-refractivity contribution < 1.29 is 9.53 Å². The number of carbonyl (C=O) groups is 1. The summed E-state index contributed by atoms with van der Waals surface area (Å²) in [5.74, 6) is 0.994. The largest absolute Gasteiger partial charge is 0.378 e. The van der Waals surface area contributed by atoms with Crippen LogP contribution in [-0.4, -0.2) is 66.2 Å². The second-order valence-electron chi connectivity index (χ2n) is 7.13. The number of imidazole rings is 1. The minimum Gasteiger partial charge on any atom is -0.378 e. The van der Waals surface area contributed by atoms with E-state index in [1.165, 1.54) is 4.40 Å². The molecule has 1 amide bonds. The molecule has 29 heavy (non-hydrogen) atoms. The first kappa shape index (κ1) is 20.0. The average Bonchev–Trinajstić information content (AvgIpc) is 3.33. The van der Waals surface area contributed by atoms with Crippen LogP contribution in [-0.2, 0) is 22.5 Å². The van der Waals surface area contributed by atoms with E-state index >= 15 is 0 Å². The zero-order valence-corrected chi connectivity index (χ0v) is 17.9. The zero-order chi connectivity index (χ0) is 20.4. The van der Waals surface area contributed by atoms with Gasteiger partial charge in [-0.3, -0.25) is 14.2 Å². The average molecular weight is 466 g/mol. The zero-order valence-electron chi connectivity index (χ0n) is 16.4. The molecule has 3 aromatic rings. The number of aryl methyl sites for hydroxylation is 2. The minimum atomic E-state index is -0.251. The van der Waals surface area contributed by atoms with Crippen molar-refractivity contribution in [3.63, 3.8) is 0 Å². The van der Waals surface area contributed by atoms with E-state index in [1.807, 2.05) is 4.57 Å². The Morgan fingerprint density at radius 1 is 1.24 bits per heavy atom. The van der Waals surface area contributed by atoms with Gasteiger partial charge in [0, 0.05) is 32.5 Å². The van der Waals surface area contributed by atoms with Crippen molar-refractivity contribution in [3.8, 4) is 0 Å². The number of aromatic amines is 1. The second-order valence-corrected chi connectivity index (χ2v) is 7.89. The number of nitrogens with one attached hydrogen (secondary N) is 1. The molecule has 1 N–H and O–H groups in total. The van der Waals surface area contributed by atoms with Gasteiger partial charge in [-0.1, -0.05) is 19.8 Å². The number of carbonyl (C=O) groups excluding carboxylic acids is 1. The molecule has 0 saturated carbocycles. The number of fused-ring (bicyclic) bond motifs is 2. The van der Waals surface area contributed by atoms with Crippen LogP contribution >= 0.6 is 15.9 Å². The molecule has 1 aliphatic rings. The lowest BCUT2D eigenvalue weighted by Gasteiger charge is -2.26. The molecule has 1 saturated heterocycles. The fourth-order valence-electron chi connectivity index (χ4n) is 3.65. The number of aromatic nitrogens is 6. The monoisotopic (exact) mass is 465 g/mol. The van der Waals surface area contributed by atoms with E-state index in [2.05, 4.69) is 43.0 Å². The van der Waals surface area contributed by atoms with E-state index in [0.717, 1.165) is 19.3 Å². The van der Waals surface area contributed by atoms with Gasteiger partial charge in [-0.05, 0) is 22.4 Å². The number of morpholine rings is 1. The number of H-pyrrole nitrogens is 1. The Balaban J connectivity index is 1.67. The number of nitrogens with zero attached hydrogens (tertiary/aromatic N) is 6. The fourth-order valence-corrected chi connectivity index (χ4v) is 4.02. The standard InChI is InChI=1S/C18H24BrN7O3/c1-2-3-4-7-25-15-14(20-17(19)21-15)16(28)26-12(22-23-18(25)26)5-6-13(27)24-8-10-29-11-9-24/h2-11H2,1H3,(H,20,21). The third-order valence-corrected chi connectivity index (χ3v) is 5.57. The van der Waals surface area contributed by atoms with Gasteiger partial charge in [-0.2, -0.15) is 0 Å². The minimum absolute atomic E-state index is 0.0404. The normalized spacial score (nSPS) is 14.9. The Bertz CT molecular complexity index is 1080. The lowest BCUT2D eigenvalue weighted by Crippen LogP contribution is -2.40. The van der Waals surface area contributed by atoms with Crippen molar-refractivity contribution in [1.82, 2.24) is 34.0 Å². The number of rotatable bonds is 7. The van der Waals surface area contributed by atoms with Crippen molar-refractivity contribution in [1.29, 1.82) is 0 Å². The van der Waals surface area contributed by atoms with Crippen LogP contribution in [0.15, 0.2) is 9.53 Å². The number of hydrogen-bond donors (Lipinski definition) is 1. The Morgan fingerprint density at radius 3 is 2.79 bits per heavy atom. The van der Waals surface area contributed by atoms with Crippen molar-refractivity contribution >= 4 is 38.8 Å². The van der Waals surface area contributed by atoms with Gasteiger partial charge in [-0.15, -0.1) is 10.2 Å². The molecule has 0 atom stereocenters. The first-order valence-corrected chi connectivity index (χ1v) is 10.8. The molecular weight excluding hydrogens is 442 g/mol. The van der Waals surface area contributed by atoms with E-state index in [9.17, 15) is 9.59 Å². The molecule has 4 rings (SSSR count). The molecule has 0 spiro atoms. The van der Waals surface area contributed by atoms with Gasteiger partial charge in [0.15, 0.2) is 15.9 Å². The van der Waals surface area contributed by atoms with Crippen LogP contribution in [0.1, 0.15) is 38.4 Å². The maximum Gasteiger partial charge on any atom is 0.286 e. The SMILES string of the molecule is CCCCCn1c2nc(Br)[nH]c2c(=O)n2c(CCC(=O)N3CCOCC3)nnc12. The predicted molar refractivity (Wildman–Crippen MR) is 110 cm³/mol. The number of ether oxygens (including phenoxy) is 1. The smallest absolute Gasteiger partial charge is 0.286 e. The van der Waals surface area contributed by atoms with E-state index in [0.29, 0.717) is 66.8 Å². The Morgan fingerprint density at radius 2 is 2.03 bits per heavy atom. The van der Waals surface area contributed by atoms with Crippen molar-refractivity contribution in [2.75, 3.05) is 26.3 Å². The summed E-state index contributed by atoms with van der Waals surface area (Å²) in [5.41, 5.74) is 0.717. The third kappa shape index (κ3) is 3.93. The molecule has 0 radical (unpaired) electrons. The number of unbranched alkanes of at least 4 members (excludes halogenated alkanes) is 2. The van der Waals surface area contributed by atoms with Crippen LogP contribution in [0.4, 0.5) is 0 Å². The maximum atomic E-state index is 13.1. The van der Waals surface area contributed by atoms with Gasteiger partial charge in [0.25, 0.3) is 5.56 Å². The van der Waals surface area contributed by atoms with Crippen LogP contribution in [0.25, 0.3) is 16.9 Å². The Labute approximate surface area is 175 Å². The van der Waals surface area contributed by atoms with Gasteiger partial charge < -0.3 is 14.6 Å².